The topological polar surface area (TPSA) is 82.9 Å². The normalized spacial score (nSPS) is 25.0. The minimum absolute atomic E-state index is 0.0595. The van der Waals surface area contributed by atoms with Crippen molar-refractivity contribution in [2.45, 2.75) is 52.1 Å². The van der Waals surface area contributed by atoms with E-state index in [1.165, 1.54) is 4.90 Å². The van der Waals surface area contributed by atoms with E-state index in [0.29, 0.717) is 30.2 Å². The van der Waals surface area contributed by atoms with E-state index in [2.05, 4.69) is 26.1 Å². The third kappa shape index (κ3) is 4.22. The van der Waals surface area contributed by atoms with Gasteiger partial charge in [-0.25, -0.2) is 4.79 Å². The molecule has 1 saturated heterocycles. The number of urea groups is 1. The number of para-hydroxylation sites is 1. The molecule has 2 unspecified atom stereocenters. The zero-order chi connectivity index (χ0) is 22.2. The number of amides is 4. The molecule has 4 rings (SSSR count). The van der Waals surface area contributed by atoms with Gasteiger partial charge in [-0.05, 0) is 54.9 Å². The number of furan rings is 1. The predicted octanol–water partition coefficient (Wildman–Crippen LogP) is 3.95. The summed E-state index contributed by atoms with van der Waals surface area (Å²) in [6, 6.07) is 12.2. The maximum absolute atomic E-state index is 13.4. The van der Waals surface area contributed by atoms with Gasteiger partial charge in [-0.3, -0.25) is 14.5 Å². The SMILES string of the molecule is CC1CC(C)(C)CC2(C1)NC(=O)N(CC(=O)N(Cc1ccco1)c1ccccc1)C2=O. The van der Waals surface area contributed by atoms with Gasteiger partial charge < -0.3 is 14.6 Å². The molecule has 0 radical (unpaired) electrons. The Labute approximate surface area is 182 Å². The molecule has 1 aliphatic heterocycles. The Hall–Kier alpha value is -3.09. The van der Waals surface area contributed by atoms with Crippen LogP contribution in [0.5, 0.6) is 0 Å². The van der Waals surface area contributed by atoms with Crippen LogP contribution in [0.2, 0.25) is 0 Å². The van der Waals surface area contributed by atoms with Crippen molar-refractivity contribution < 1.29 is 18.8 Å². The molecule has 0 bridgehead atoms. The average Bonchev–Trinajstić information content (AvgIpc) is 3.28. The standard InChI is InChI=1S/C24H29N3O4/c1-17-12-23(2,3)16-24(13-17)21(29)27(22(30)25-24)15-20(28)26(14-19-10-7-11-31-19)18-8-5-4-6-9-18/h4-11,17H,12-16H2,1-3H3,(H,25,30). The number of nitrogens with zero attached hydrogens (tertiary/aromatic N) is 2. The van der Waals surface area contributed by atoms with Crippen molar-refractivity contribution in [3.63, 3.8) is 0 Å². The molecule has 2 aliphatic rings. The smallest absolute Gasteiger partial charge is 0.325 e. The van der Waals surface area contributed by atoms with E-state index in [0.717, 1.165) is 11.3 Å². The summed E-state index contributed by atoms with van der Waals surface area (Å²) in [7, 11) is 0. The fourth-order valence-corrected chi connectivity index (χ4v) is 5.36. The lowest BCUT2D eigenvalue weighted by molar-refractivity contribution is -0.137. The number of anilines is 1. The van der Waals surface area contributed by atoms with Crippen LogP contribution in [0.25, 0.3) is 0 Å². The third-order valence-electron chi connectivity index (χ3n) is 6.18. The zero-order valence-corrected chi connectivity index (χ0v) is 18.3. The third-order valence-corrected chi connectivity index (χ3v) is 6.18. The maximum Gasteiger partial charge on any atom is 0.325 e. The van der Waals surface area contributed by atoms with Crippen LogP contribution in [0.15, 0.2) is 53.1 Å². The van der Waals surface area contributed by atoms with Gasteiger partial charge in [-0.2, -0.15) is 0 Å². The second-order valence-corrected chi connectivity index (χ2v) is 9.65. The molecule has 2 atom stereocenters. The second-order valence-electron chi connectivity index (χ2n) is 9.65. The van der Waals surface area contributed by atoms with Crippen LogP contribution in [0.3, 0.4) is 0 Å². The van der Waals surface area contributed by atoms with Crippen molar-refractivity contribution >= 4 is 23.5 Å². The van der Waals surface area contributed by atoms with Crippen LogP contribution in [0, 0.1) is 11.3 Å². The number of carbonyl (C=O) groups excluding carboxylic acids is 3. The number of benzene rings is 1. The van der Waals surface area contributed by atoms with Crippen LogP contribution in [-0.2, 0) is 16.1 Å². The number of carbonyl (C=O) groups is 3. The Balaban J connectivity index is 1.56. The van der Waals surface area contributed by atoms with Gasteiger partial charge in [0.25, 0.3) is 5.91 Å². The van der Waals surface area contributed by atoms with E-state index >= 15 is 0 Å². The summed E-state index contributed by atoms with van der Waals surface area (Å²) in [5, 5.41) is 2.93. The molecular formula is C24H29N3O4. The lowest BCUT2D eigenvalue weighted by atomic mass is 9.64. The molecule has 1 N–H and O–H groups in total. The lowest BCUT2D eigenvalue weighted by Crippen LogP contribution is -2.54. The fraction of sp³-hybridized carbons (Fsp3) is 0.458. The monoisotopic (exact) mass is 423 g/mol. The largest absolute Gasteiger partial charge is 0.467 e. The molecule has 31 heavy (non-hydrogen) atoms. The summed E-state index contributed by atoms with van der Waals surface area (Å²) in [4.78, 5) is 42.1. The molecule has 1 aromatic carbocycles. The Morgan fingerprint density at radius 2 is 1.90 bits per heavy atom. The first-order valence-electron chi connectivity index (χ1n) is 10.7. The second kappa shape index (κ2) is 7.87. The van der Waals surface area contributed by atoms with E-state index in [-0.39, 0.29) is 30.3 Å². The molecule has 2 aromatic rings. The van der Waals surface area contributed by atoms with Crippen LogP contribution >= 0.6 is 0 Å². The van der Waals surface area contributed by atoms with Gasteiger partial charge in [0, 0.05) is 5.69 Å². The molecule has 7 nitrogen and oxygen atoms in total. The van der Waals surface area contributed by atoms with E-state index in [1.54, 1.807) is 18.4 Å². The summed E-state index contributed by atoms with van der Waals surface area (Å²) in [5.74, 6) is 0.292. The molecule has 1 spiro atoms. The van der Waals surface area contributed by atoms with E-state index in [9.17, 15) is 14.4 Å². The van der Waals surface area contributed by atoms with Gasteiger partial charge in [-0.15, -0.1) is 0 Å². The average molecular weight is 424 g/mol. The quantitative estimate of drug-likeness (QED) is 0.738. The summed E-state index contributed by atoms with van der Waals surface area (Å²) in [6.45, 7) is 6.26. The molecule has 2 fully saturated rings. The highest BCUT2D eigenvalue weighted by Crippen LogP contribution is 2.46. The van der Waals surface area contributed by atoms with Crippen LogP contribution < -0.4 is 10.2 Å². The highest BCUT2D eigenvalue weighted by atomic mass is 16.3. The van der Waals surface area contributed by atoms with Gasteiger partial charge in [0.2, 0.25) is 5.91 Å². The number of imide groups is 1. The van der Waals surface area contributed by atoms with E-state index < -0.39 is 11.6 Å². The van der Waals surface area contributed by atoms with Gasteiger partial charge in [0.15, 0.2) is 0 Å². The Bertz CT molecular complexity index is 970. The molecule has 4 amide bonds. The Kier molecular flexibility index (Phi) is 5.37. The molecule has 7 heteroatoms. The summed E-state index contributed by atoms with van der Waals surface area (Å²) < 4.78 is 5.42. The highest BCUT2D eigenvalue weighted by molar-refractivity contribution is 6.10. The van der Waals surface area contributed by atoms with Crippen molar-refractivity contribution in [1.82, 2.24) is 10.2 Å². The first-order valence-corrected chi connectivity index (χ1v) is 10.7. The Morgan fingerprint density at radius 3 is 2.55 bits per heavy atom. The summed E-state index contributed by atoms with van der Waals surface area (Å²) >= 11 is 0. The highest BCUT2D eigenvalue weighted by Gasteiger charge is 2.56. The Morgan fingerprint density at radius 1 is 1.16 bits per heavy atom. The molecule has 164 valence electrons. The van der Waals surface area contributed by atoms with Crippen LogP contribution in [-0.4, -0.2) is 34.8 Å². The van der Waals surface area contributed by atoms with Crippen molar-refractivity contribution in [1.29, 1.82) is 0 Å². The predicted molar refractivity (Wildman–Crippen MR) is 116 cm³/mol. The first-order chi connectivity index (χ1) is 14.7. The van der Waals surface area contributed by atoms with Gasteiger partial charge in [0.05, 0.1) is 12.8 Å². The number of rotatable bonds is 5. The minimum Gasteiger partial charge on any atom is -0.467 e. The molecule has 1 aliphatic carbocycles. The summed E-state index contributed by atoms with van der Waals surface area (Å²) in [6.07, 6.45) is 3.73. The number of hydrogen-bond acceptors (Lipinski definition) is 4. The minimum atomic E-state index is -0.920. The van der Waals surface area contributed by atoms with Crippen LogP contribution in [0.4, 0.5) is 10.5 Å². The molecule has 1 aromatic heterocycles. The lowest BCUT2D eigenvalue weighted by Gasteiger charge is -2.43. The van der Waals surface area contributed by atoms with Gasteiger partial charge >= 0.3 is 6.03 Å². The van der Waals surface area contributed by atoms with Crippen LogP contribution in [0.1, 0.15) is 45.8 Å². The maximum atomic E-state index is 13.4. The van der Waals surface area contributed by atoms with Crippen molar-refractivity contribution in [3.05, 3.63) is 54.5 Å². The van der Waals surface area contributed by atoms with E-state index in [1.807, 2.05) is 30.3 Å². The molecule has 1 saturated carbocycles. The number of hydrogen-bond donors (Lipinski definition) is 1. The fourth-order valence-electron chi connectivity index (χ4n) is 5.36. The first kappa shape index (κ1) is 21.2. The van der Waals surface area contributed by atoms with Gasteiger partial charge in [0.1, 0.15) is 17.8 Å². The van der Waals surface area contributed by atoms with E-state index in [4.69, 9.17) is 4.42 Å². The van der Waals surface area contributed by atoms with Crippen molar-refractivity contribution in [3.8, 4) is 0 Å². The van der Waals surface area contributed by atoms with Gasteiger partial charge in [-0.1, -0.05) is 39.0 Å². The number of nitrogens with one attached hydrogen (secondary N) is 1. The zero-order valence-electron chi connectivity index (χ0n) is 18.3. The van der Waals surface area contributed by atoms with Crippen molar-refractivity contribution in [2.75, 3.05) is 11.4 Å². The van der Waals surface area contributed by atoms with Crippen molar-refractivity contribution in [2.24, 2.45) is 11.3 Å². The molecular weight excluding hydrogens is 394 g/mol. The summed E-state index contributed by atoms with van der Waals surface area (Å²) in [5.41, 5.74) is -0.300. The molecule has 2 heterocycles.